The lowest BCUT2D eigenvalue weighted by Crippen LogP contribution is -2.45. The molecule has 11 nitrogen and oxygen atoms in total. The number of amides is 3. The molecule has 286 valence electrons. The second-order valence-electron chi connectivity index (χ2n) is 14.7. The van der Waals surface area contributed by atoms with E-state index in [4.69, 9.17) is 18.9 Å². The number of ether oxygens (including phenoxy) is 4. The molecule has 4 aromatic carbocycles. The van der Waals surface area contributed by atoms with Gasteiger partial charge in [0.05, 0.1) is 5.56 Å². The van der Waals surface area contributed by atoms with Crippen molar-refractivity contribution in [1.29, 1.82) is 0 Å². The van der Waals surface area contributed by atoms with Crippen LogP contribution in [0.25, 0.3) is 11.1 Å². The summed E-state index contributed by atoms with van der Waals surface area (Å²) >= 11 is 0. The Morgan fingerprint density at radius 3 is 1.96 bits per heavy atom. The first-order chi connectivity index (χ1) is 25.6. The number of hydrogen-bond acceptors (Lipinski definition) is 8. The molecule has 0 aromatic heterocycles. The zero-order valence-corrected chi connectivity index (χ0v) is 31.9. The predicted octanol–water partition coefficient (Wildman–Crippen LogP) is 8.82. The molecule has 0 saturated carbocycles. The van der Waals surface area contributed by atoms with Crippen LogP contribution in [0.2, 0.25) is 0 Å². The highest BCUT2D eigenvalue weighted by Gasteiger charge is 2.26. The van der Waals surface area contributed by atoms with Gasteiger partial charge in [0.25, 0.3) is 0 Å². The summed E-state index contributed by atoms with van der Waals surface area (Å²) in [7, 11) is 0. The summed E-state index contributed by atoms with van der Waals surface area (Å²) < 4.78 is 22.5. The van der Waals surface area contributed by atoms with Crippen molar-refractivity contribution >= 4 is 29.8 Å². The molecular weight excluding hydrogens is 686 g/mol. The Morgan fingerprint density at radius 2 is 1.31 bits per heavy atom. The summed E-state index contributed by atoms with van der Waals surface area (Å²) in [4.78, 5) is 52.1. The highest BCUT2D eigenvalue weighted by atomic mass is 16.6. The summed E-state index contributed by atoms with van der Waals surface area (Å²) in [5, 5.41) is 8.31. The van der Waals surface area contributed by atoms with E-state index >= 15 is 0 Å². The number of alkyl carbamates (subject to hydrolysis) is 2. The van der Waals surface area contributed by atoms with Crippen LogP contribution in [0.4, 0.5) is 15.3 Å². The third-order valence-corrected chi connectivity index (χ3v) is 7.71. The molecule has 3 amide bonds. The molecule has 3 N–H and O–H groups in total. The largest absolute Gasteiger partial charge is 0.489 e. The van der Waals surface area contributed by atoms with Crippen molar-refractivity contribution in [3.63, 3.8) is 0 Å². The molecule has 0 spiro atoms. The second-order valence-corrected chi connectivity index (χ2v) is 14.7. The van der Waals surface area contributed by atoms with Crippen LogP contribution in [-0.2, 0) is 32.2 Å². The molecule has 0 aliphatic heterocycles. The number of carbonyl (C=O) groups excluding carboxylic acids is 4. The van der Waals surface area contributed by atoms with Gasteiger partial charge in [-0.3, -0.25) is 4.79 Å². The van der Waals surface area contributed by atoms with Gasteiger partial charge in [0.2, 0.25) is 5.91 Å². The molecule has 0 fully saturated rings. The summed E-state index contributed by atoms with van der Waals surface area (Å²) in [6.45, 7) is 11.4. The Bertz CT molecular complexity index is 1850. The van der Waals surface area contributed by atoms with Gasteiger partial charge in [0.1, 0.15) is 36.2 Å². The normalized spacial score (nSPS) is 11.8. The monoisotopic (exact) mass is 737 g/mol. The van der Waals surface area contributed by atoms with Gasteiger partial charge in [-0.05, 0) is 113 Å². The first kappa shape index (κ1) is 40.9. The number of unbranched alkanes of at least 4 members (excludes halogenated alkanes) is 1. The molecule has 0 heterocycles. The number of esters is 1. The first-order valence-corrected chi connectivity index (χ1v) is 18.0. The fraction of sp³-hybridized carbons (Fsp3) is 0.349. The van der Waals surface area contributed by atoms with Crippen molar-refractivity contribution in [3.05, 3.63) is 120 Å². The van der Waals surface area contributed by atoms with Crippen LogP contribution in [0, 0.1) is 0 Å². The van der Waals surface area contributed by atoms with E-state index in [2.05, 4.69) is 16.0 Å². The number of hydrogen-bond donors (Lipinski definition) is 3. The lowest BCUT2D eigenvalue weighted by atomic mass is 9.98. The van der Waals surface area contributed by atoms with Gasteiger partial charge in [-0.15, -0.1) is 0 Å². The molecule has 4 aromatic rings. The molecule has 0 aliphatic rings. The van der Waals surface area contributed by atoms with Crippen LogP contribution in [0.5, 0.6) is 5.75 Å². The fourth-order valence-electron chi connectivity index (χ4n) is 5.25. The minimum absolute atomic E-state index is 0.155. The lowest BCUT2D eigenvalue weighted by molar-refractivity contribution is -0.118. The van der Waals surface area contributed by atoms with Crippen LogP contribution >= 0.6 is 0 Å². The van der Waals surface area contributed by atoms with Gasteiger partial charge in [0, 0.05) is 12.2 Å². The molecule has 4 rings (SSSR count). The molecule has 1 atom stereocenters. The highest BCUT2D eigenvalue weighted by Crippen LogP contribution is 2.31. The van der Waals surface area contributed by atoms with E-state index in [-0.39, 0.29) is 13.0 Å². The predicted molar refractivity (Wildman–Crippen MR) is 208 cm³/mol. The summed E-state index contributed by atoms with van der Waals surface area (Å²) in [6, 6.07) is 30.4. The topological polar surface area (TPSA) is 141 Å². The van der Waals surface area contributed by atoms with Crippen molar-refractivity contribution in [2.24, 2.45) is 0 Å². The van der Waals surface area contributed by atoms with E-state index in [9.17, 15) is 19.2 Å². The average Bonchev–Trinajstić information content (AvgIpc) is 3.12. The molecular formula is C43H51N3O8. The highest BCUT2D eigenvalue weighted by molar-refractivity contribution is 6.01. The zero-order valence-electron chi connectivity index (χ0n) is 31.9. The zero-order chi connectivity index (χ0) is 39.1. The lowest BCUT2D eigenvalue weighted by Gasteiger charge is -2.24. The number of carbonyl (C=O) groups is 4. The maximum absolute atomic E-state index is 13.8. The van der Waals surface area contributed by atoms with Gasteiger partial charge in [-0.2, -0.15) is 0 Å². The van der Waals surface area contributed by atoms with E-state index in [1.165, 1.54) is 0 Å². The minimum Gasteiger partial charge on any atom is -0.489 e. The molecule has 0 bridgehead atoms. The maximum Gasteiger partial charge on any atom is 0.408 e. The molecule has 0 saturated heterocycles. The summed E-state index contributed by atoms with van der Waals surface area (Å²) in [6.07, 6.45) is -0.00375. The van der Waals surface area contributed by atoms with Crippen molar-refractivity contribution in [2.45, 2.75) is 91.3 Å². The second kappa shape index (κ2) is 19.3. The molecule has 54 heavy (non-hydrogen) atoms. The molecule has 0 aliphatic carbocycles. The Morgan fingerprint density at radius 1 is 0.667 bits per heavy atom. The Balaban J connectivity index is 1.48. The van der Waals surface area contributed by atoms with Crippen molar-refractivity contribution in [2.75, 3.05) is 11.9 Å². The van der Waals surface area contributed by atoms with E-state index < -0.39 is 41.3 Å². The smallest absolute Gasteiger partial charge is 0.408 e. The SMILES string of the molecule is CC(C)(C)OC(=O)NC(CCCCNC(=O)OCc1ccccc1)C(=O)Nc1ccc(C(=O)OC(C)(C)C)c(-c2cccc(OCc3ccccc3)c2)c1. The fourth-order valence-corrected chi connectivity index (χ4v) is 5.25. The van der Waals surface area contributed by atoms with Crippen LogP contribution in [-0.4, -0.2) is 47.9 Å². The molecule has 0 radical (unpaired) electrons. The maximum atomic E-state index is 13.8. The van der Waals surface area contributed by atoms with Crippen molar-refractivity contribution in [1.82, 2.24) is 10.6 Å². The van der Waals surface area contributed by atoms with Crippen LogP contribution < -0.4 is 20.7 Å². The van der Waals surface area contributed by atoms with Crippen LogP contribution in [0.1, 0.15) is 82.3 Å². The van der Waals surface area contributed by atoms with E-state index in [1.54, 1.807) is 59.7 Å². The van der Waals surface area contributed by atoms with Crippen LogP contribution in [0.3, 0.4) is 0 Å². The van der Waals surface area contributed by atoms with E-state index in [1.807, 2.05) is 84.9 Å². The Hall–Kier alpha value is -5.84. The Kier molecular flexibility index (Phi) is 14.6. The van der Waals surface area contributed by atoms with E-state index in [0.29, 0.717) is 54.1 Å². The number of benzene rings is 4. The quantitative estimate of drug-likeness (QED) is 0.0625. The summed E-state index contributed by atoms with van der Waals surface area (Å²) in [5.74, 6) is -0.401. The standard InChI is InChI=1S/C43H51N3O8/c1-42(2,3)53-39(48)35-24-23-33(27-36(35)32-20-15-21-34(26-32)51-28-30-16-9-7-10-17-30)45-38(47)37(46-41(50)54-43(4,5)6)22-13-14-25-44-40(49)52-29-31-18-11-8-12-19-31/h7-12,15-21,23-24,26-27,37H,13-14,22,25,28-29H2,1-6H3,(H,44,49)(H,45,47)(H,46,50). The van der Waals surface area contributed by atoms with Gasteiger partial charge in [-0.25, -0.2) is 14.4 Å². The van der Waals surface area contributed by atoms with Crippen LogP contribution in [0.15, 0.2) is 103 Å². The van der Waals surface area contributed by atoms with Gasteiger partial charge >= 0.3 is 18.2 Å². The first-order valence-electron chi connectivity index (χ1n) is 18.0. The van der Waals surface area contributed by atoms with Crippen molar-refractivity contribution < 1.29 is 38.1 Å². The van der Waals surface area contributed by atoms with Crippen molar-refractivity contribution in [3.8, 4) is 16.9 Å². The van der Waals surface area contributed by atoms with E-state index in [0.717, 1.165) is 11.1 Å². The number of nitrogens with one attached hydrogen (secondary N) is 3. The average molecular weight is 738 g/mol. The molecule has 11 heteroatoms. The summed E-state index contributed by atoms with van der Waals surface area (Å²) in [5.41, 5.74) is 2.28. The minimum atomic E-state index is -0.964. The molecule has 1 unspecified atom stereocenters. The van der Waals surface area contributed by atoms with Gasteiger partial charge < -0.3 is 34.9 Å². The number of rotatable bonds is 15. The van der Waals surface area contributed by atoms with Gasteiger partial charge in [0.15, 0.2) is 0 Å². The Labute approximate surface area is 317 Å². The number of anilines is 1. The van der Waals surface area contributed by atoms with Gasteiger partial charge in [-0.1, -0.05) is 72.8 Å². The third kappa shape index (κ3) is 14.3. The third-order valence-electron chi connectivity index (χ3n) is 7.71.